The number of nitrogens with zero attached hydrogens (tertiary/aromatic N) is 7. The van der Waals surface area contributed by atoms with Crippen molar-refractivity contribution in [2.75, 3.05) is 6.61 Å². The van der Waals surface area contributed by atoms with Gasteiger partial charge in [0.2, 0.25) is 5.95 Å². The van der Waals surface area contributed by atoms with Gasteiger partial charge in [-0.05, 0) is 31.2 Å². The molecule has 0 saturated heterocycles. The predicted molar refractivity (Wildman–Crippen MR) is 121 cm³/mol. The van der Waals surface area contributed by atoms with Crippen LogP contribution in [-0.2, 0) is 6.54 Å². The van der Waals surface area contributed by atoms with Gasteiger partial charge in [-0.25, -0.2) is 19.2 Å². The lowest BCUT2D eigenvalue weighted by molar-refractivity contribution is 0.243. The standard InChI is InChI=1S/C24H18FN7O2/c1-2-30-20-12-27-23(31-13-28-17-7-6-14(11-26)10-19(17)31)29-22(20)32(24(30)33)18-8-9-34-21-15(18)4-3-5-16(21)25/h3-7,10,12-13,18H,2,8-9H2,1H3. The lowest BCUT2D eigenvalue weighted by Crippen LogP contribution is -2.31. The molecule has 1 atom stereocenters. The number of rotatable bonds is 3. The second kappa shape index (κ2) is 7.52. The van der Waals surface area contributed by atoms with Crippen LogP contribution < -0.4 is 10.4 Å². The number of ether oxygens (including phenoxy) is 1. The van der Waals surface area contributed by atoms with E-state index in [1.807, 2.05) is 6.92 Å². The molecule has 10 heteroatoms. The number of hydrogen-bond acceptors (Lipinski definition) is 6. The second-order valence-corrected chi connectivity index (χ2v) is 8.02. The van der Waals surface area contributed by atoms with Crippen molar-refractivity contribution < 1.29 is 9.13 Å². The molecule has 0 amide bonds. The quantitative estimate of drug-likeness (QED) is 0.413. The molecule has 0 fully saturated rings. The molecule has 1 aliphatic rings. The molecule has 4 heterocycles. The van der Waals surface area contributed by atoms with Gasteiger partial charge in [-0.3, -0.25) is 13.7 Å². The van der Waals surface area contributed by atoms with Crippen LogP contribution in [0.1, 0.15) is 30.5 Å². The molecule has 3 aromatic heterocycles. The summed E-state index contributed by atoms with van der Waals surface area (Å²) in [5, 5.41) is 9.29. The summed E-state index contributed by atoms with van der Waals surface area (Å²) in [5.41, 5.74) is 3.26. The van der Waals surface area contributed by atoms with Gasteiger partial charge in [0.1, 0.15) is 11.8 Å². The summed E-state index contributed by atoms with van der Waals surface area (Å²) in [6, 6.07) is 11.6. The molecule has 2 aromatic carbocycles. The van der Waals surface area contributed by atoms with E-state index in [0.717, 1.165) is 0 Å². The van der Waals surface area contributed by atoms with E-state index in [9.17, 15) is 14.4 Å². The molecule has 9 nitrogen and oxygen atoms in total. The smallest absolute Gasteiger partial charge is 0.330 e. The lowest BCUT2D eigenvalue weighted by Gasteiger charge is -2.26. The minimum Gasteiger partial charge on any atom is -0.490 e. The average molecular weight is 455 g/mol. The van der Waals surface area contributed by atoms with E-state index in [4.69, 9.17) is 9.72 Å². The van der Waals surface area contributed by atoms with Crippen molar-refractivity contribution in [1.82, 2.24) is 28.7 Å². The Kier molecular flexibility index (Phi) is 4.45. The fourth-order valence-corrected chi connectivity index (χ4v) is 4.62. The van der Waals surface area contributed by atoms with Crippen LogP contribution in [0.15, 0.2) is 53.7 Å². The Morgan fingerprint density at radius 1 is 1.24 bits per heavy atom. The SMILES string of the molecule is CCn1c(=O)n(C2CCOc3c(F)cccc32)c2nc(-n3cnc4ccc(C#N)cc43)ncc21. The third-order valence-corrected chi connectivity index (χ3v) is 6.21. The number of aromatic nitrogens is 6. The molecule has 168 valence electrons. The summed E-state index contributed by atoms with van der Waals surface area (Å²) in [4.78, 5) is 27.1. The van der Waals surface area contributed by atoms with Crippen LogP contribution in [0.2, 0.25) is 0 Å². The first kappa shape index (κ1) is 20.1. The van der Waals surface area contributed by atoms with Crippen LogP contribution >= 0.6 is 0 Å². The van der Waals surface area contributed by atoms with E-state index in [2.05, 4.69) is 16.0 Å². The molecule has 5 aromatic rings. The fraction of sp³-hybridized carbons (Fsp3) is 0.208. The molecular weight excluding hydrogens is 437 g/mol. The van der Waals surface area contributed by atoms with Gasteiger partial charge in [0, 0.05) is 18.5 Å². The minimum atomic E-state index is -0.456. The number of hydrogen-bond donors (Lipinski definition) is 0. The fourth-order valence-electron chi connectivity index (χ4n) is 4.62. The van der Waals surface area contributed by atoms with E-state index < -0.39 is 11.9 Å². The Hall–Kier alpha value is -4.52. The summed E-state index contributed by atoms with van der Waals surface area (Å²) in [6.07, 6.45) is 3.70. The Morgan fingerprint density at radius 3 is 2.94 bits per heavy atom. The lowest BCUT2D eigenvalue weighted by atomic mass is 10.00. The zero-order chi connectivity index (χ0) is 23.4. The second-order valence-electron chi connectivity index (χ2n) is 8.02. The zero-order valence-corrected chi connectivity index (χ0v) is 18.1. The Balaban J connectivity index is 1.60. The van der Waals surface area contributed by atoms with Gasteiger partial charge in [0.25, 0.3) is 0 Å². The van der Waals surface area contributed by atoms with Crippen molar-refractivity contribution in [2.45, 2.75) is 25.9 Å². The van der Waals surface area contributed by atoms with Crippen LogP contribution in [0.3, 0.4) is 0 Å². The van der Waals surface area contributed by atoms with Crippen molar-refractivity contribution in [3.05, 3.63) is 76.4 Å². The van der Waals surface area contributed by atoms with Crippen LogP contribution in [0.25, 0.3) is 28.1 Å². The minimum absolute atomic E-state index is 0.168. The molecule has 0 aliphatic carbocycles. The van der Waals surface area contributed by atoms with Gasteiger partial charge < -0.3 is 4.74 Å². The topological polar surface area (TPSA) is 104 Å². The van der Waals surface area contributed by atoms with Crippen molar-refractivity contribution >= 4 is 22.2 Å². The maximum Gasteiger partial charge on any atom is 0.330 e. The van der Waals surface area contributed by atoms with E-state index in [1.54, 1.807) is 56.6 Å². The third kappa shape index (κ3) is 2.83. The van der Waals surface area contributed by atoms with Crippen LogP contribution in [-0.4, -0.2) is 35.3 Å². The Bertz CT molecular complexity index is 1690. The van der Waals surface area contributed by atoms with Gasteiger partial charge in [0.15, 0.2) is 17.2 Å². The molecule has 1 aliphatic heterocycles. The summed E-state index contributed by atoms with van der Waals surface area (Å²) >= 11 is 0. The first-order valence-corrected chi connectivity index (χ1v) is 10.9. The number of para-hydroxylation sites is 1. The van der Waals surface area contributed by atoms with Crippen molar-refractivity contribution in [3.63, 3.8) is 0 Å². The highest BCUT2D eigenvalue weighted by atomic mass is 19.1. The number of halogens is 1. The zero-order valence-electron chi connectivity index (χ0n) is 18.1. The Morgan fingerprint density at radius 2 is 2.12 bits per heavy atom. The van der Waals surface area contributed by atoms with Crippen molar-refractivity contribution in [2.24, 2.45) is 0 Å². The van der Waals surface area contributed by atoms with Gasteiger partial charge in [0.05, 0.1) is 41.5 Å². The summed E-state index contributed by atoms with van der Waals surface area (Å²) < 4.78 is 24.9. The molecule has 1 unspecified atom stereocenters. The largest absolute Gasteiger partial charge is 0.490 e. The maximum absolute atomic E-state index is 14.4. The number of benzene rings is 2. The van der Waals surface area contributed by atoms with Gasteiger partial charge in [-0.1, -0.05) is 12.1 Å². The monoisotopic (exact) mass is 455 g/mol. The number of fused-ring (bicyclic) bond motifs is 3. The highest BCUT2D eigenvalue weighted by Gasteiger charge is 2.30. The molecule has 34 heavy (non-hydrogen) atoms. The van der Waals surface area contributed by atoms with Crippen LogP contribution in [0.4, 0.5) is 4.39 Å². The summed E-state index contributed by atoms with van der Waals surface area (Å²) in [5.74, 6) is 0.0311. The van der Waals surface area contributed by atoms with Crippen LogP contribution in [0, 0.1) is 17.1 Å². The summed E-state index contributed by atoms with van der Waals surface area (Å²) in [6.45, 7) is 2.60. The molecule has 0 saturated carbocycles. The molecule has 0 bridgehead atoms. The molecule has 6 rings (SSSR count). The van der Waals surface area contributed by atoms with Crippen molar-refractivity contribution in [1.29, 1.82) is 5.26 Å². The van der Waals surface area contributed by atoms with Gasteiger partial charge >= 0.3 is 5.69 Å². The highest BCUT2D eigenvalue weighted by Crippen LogP contribution is 2.37. The van der Waals surface area contributed by atoms with Gasteiger partial charge in [-0.15, -0.1) is 0 Å². The van der Waals surface area contributed by atoms with Crippen molar-refractivity contribution in [3.8, 4) is 17.8 Å². The maximum atomic E-state index is 14.4. The molecule has 0 N–H and O–H groups in total. The highest BCUT2D eigenvalue weighted by molar-refractivity contribution is 5.79. The van der Waals surface area contributed by atoms with E-state index in [1.165, 1.54) is 6.07 Å². The normalized spacial score (nSPS) is 15.3. The van der Waals surface area contributed by atoms with E-state index in [0.29, 0.717) is 52.2 Å². The first-order chi connectivity index (χ1) is 16.6. The summed E-state index contributed by atoms with van der Waals surface area (Å²) in [7, 11) is 0. The van der Waals surface area contributed by atoms with Gasteiger partial charge in [-0.2, -0.15) is 10.2 Å². The molecule has 0 radical (unpaired) electrons. The Labute approximate surface area is 192 Å². The van der Waals surface area contributed by atoms with Crippen LogP contribution in [0.5, 0.6) is 5.75 Å². The number of nitriles is 1. The number of aryl methyl sites for hydroxylation is 1. The first-order valence-electron chi connectivity index (χ1n) is 10.9. The predicted octanol–water partition coefficient (Wildman–Crippen LogP) is 3.33. The third-order valence-electron chi connectivity index (χ3n) is 6.21. The molecular formula is C24H18FN7O2. The average Bonchev–Trinajstić information content (AvgIpc) is 3.41. The van der Waals surface area contributed by atoms with E-state index in [-0.39, 0.29) is 18.0 Å². The number of imidazole rings is 2. The van der Waals surface area contributed by atoms with E-state index >= 15 is 0 Å². The molecule has 0 spiro atoms.